The molecule has 0 saturated heterocycles. The first kappa shape index (κ1) is 20.2. The van der Waals surface area contributed by atoms with E-state index in [1.165, 1.54) is 11.3 Å². The summed E-state index contributed by atoms with van der Waals surface area (Å²) >= 11 is 7.45. The van der Waals surface area contributed by atoms with E-state index >= 15 is 0 Å². The smallest absolute Gasteiger partial charge is 0.270 e. The highest BCUT2D eigenvalue weighted by Gasteiger charge is 2.16. The molecule has 0 aliphatic carbocycles. The summed E-state index contributed by atoms with van der Waals surface area (Å²) in [6.45, 7) is 0. The fraction of sp³-hybridized carbons (Fsp3) is 0.0435. The zero-order valence-electron chi connectivity index (χ0n) is 16.6. The van der Waals surface area contributed by atoms with Crippen LogP contribution in [0.3, 0.4) is 0 Å². The van der Waals surface area contributed by atoms with Gasteiger partial charge in [0.15, 0.2) is 0 Å². The molecule has 158 valence electrons. The zero-order valence-corrected chi connectivity index (χ0v) is 18.1. The third kappa shape index (κ3) is 4.05. The topological polar surface area (TPSA) is 99.8 Å². The lowest BCUT2D eigenvalue weighted by Gasteiger charge is -2.10. The van der Waals surface area contributed by atoms with Crippen molar-refractivity contribution in [2.24, 2.45) is 0 Å². The average molecular weight is 462 g/mol. The van der Waals surface area contributed by atoms with Crippen molar-refractivity contribution >= 4 is 56.7 Å². The number of hydrogen-bond donors (Lipinski definition) is 3. The molecule has 5 aromatic rings. The lowest BCUT2D eigenvalue weighted by Crippen LogP contribution is -2.42. The van der Waals surface area contributed by atoms with Crippen LogP contribution in [0.2, 0.25) is 4.34 Å². The first-order valence-electron chi connectivity index (χ1n) is 9.75. The Bertz CT molecular complexity index is 1440. The van der Waals surface area contributed by atoms with Crippen molar-refractivity contribution < 1.29 is 9.59 Å². The van der Waals surface area contributed by atoms with E-state index in [0.29, 0.717) is 32.3 Å². The minimum atomic E-state index is -0.439. The van der Waals surface area contributed by atoms with Gasteiger partial charge in [-0.05, 0) is 36.4 Å². The molecule has 0 fully saturated rings. The first-order chi connectivity index (χ1) is 15.6. The normalized spacial score (nSPS) is 11.0. The Morgan fingerprint density at radius 1 is 0.938 bits per heavy atom. The number of pyridine rings is 1. The van der Waals surface area contributed by atoms with Crippen molar-refractivity contribution in [1.82, 2.24) is 25.8 Å². The summed E-state index contributed by atoms with van der Waals surface area (Å²) in [4.78, 5) is 38.3. The van der Waals surface area contributed by atoms with Gasteiger partial charge < -0.3 is 4.98 Å². The van der Waals surface area contributed by atoms with Gasteiger partial charge in [0.2, 0.25) is 5.91 Å². The van der Waals surface area contributed by atoms with E-state index in [1.807, 2.05) is 54.6 Å². The van der Waals surface area contributed by atoms with Gasteiger partial charge in [0, 0.05) is 5.39 Å². The van der Waals surface area contributed by atoms with Gasteiger partial charge in [0.1, 0.15) is 5.82 Å². The fourth-order valence-electron chi connectivity index (χ4n) is 3.42. The number of para-hydroxylation sites is 3. The predicted octanol–water partition coefficient (Wildman–Crippen LogP) is 4.50. The highest BCUT2D eigenvalue weighted by molar-refractivity contribution is 7.19. The SMILES string of the molecule is O=C(Cc1nc2ccccc2[nH]1)NNC(=O)c1cc(-c2ccc(Cl)s2)nc2ccccc12. The van der Waals surface area contributed by atoms with Gasteiger partial charge in [-0.15, -0.1) is 11.3 Å². The number of carbonyl (C=O) groups is 2. The van der Waals surface area contributed by atoms with E-state index in [-0.39, 0.29) is 12.3 Å². The number of halogens is 1. The zero-order chi connectivity index (χ0) is 22.1. The van der Waals surface area contributed by atoms with Crippen molar-refractivity contribution in [3.05, 3.63) is 82.5 Å². The fourth-order valence-corrected chi connectivity index (χ4v) is 4.42. The molecule has 3 heterocycles. The molecule has 0 spiro atoms. The third-order valence-corrected chi connectivity index (χ3v) is 6.12. The number of hydrazine groups is 1. The van der Waals surface area contributed by atoms with Crippen LogP contribution in [0.4, 0.5) is 0 Å². The van der Waals surface area contributed by atoms with E-state index < -0.39 is 5.91 Å². The Labute approximate surface area is 191 Å². The van der Waals surface area contributed by atoms with Gasteiger partial charge in [-0.1, -0.05) is 41.9 Å². The molecule has 2 aromatic carbocycles. The molecule has 3 N–H and O–H groups in total. The standard InChI is InChI=1S/C23H16ClN5O2S/c24-20-10-9-19(32-20)18-11-14(13-5-1-2-6-15(13)25-18)23(31)29-28-22(30)12-21-26-16-7-3-4-8-17(16)27-21/h1-11H,12H2,(H,26,27)(H,28,30)(H,29,31). The van der Waals surface area contributed by atoms with Crippen LogP contribution in [0, 0.1) is 0 Å². The summed E-state index contributed by atoms with van der Waals surface area (Å²) in [5, 5.41) is 0.683. The number of carbonyl (C=O) groups excluding carboxylic acids is 2. The maximum atomic E-state index is 12.9. The Hall–Kier alpha value is -3.75. The molecule has 0 unspecified atom stereocenters. The molecular weight excluding hydrogens is 446 g/mol. The Morgan fingerprint density at radius 3 is 2.50 bits per heavy atom. The van der Waals surface area contributed by atoms with Crippen molar-refractivity contribution in [3.8, 4) is 10.6 Å². The maximum absolute atomic E-state index is 12.9. The molecule has 32 heavy (non-hydrogen) atoms. The van der Waals surface area contributed by atoms with Crippen molar-refractivity contribution in [3.63, 3.8) is 0 Å². The number of amides is 2. The van der Waals surface area contributed by atoms with Crippen molar-refractivity contribution in [2.75, 3.05) is 0 Å². The van der Waals surface area contributed by atoms with Crippen LogP contribution in [0.5, 0.6) is 0 Å². The number of nitrogens with zero attached hydrogens (tertiary/aromatic N) is 2. The second-order valence-electron chi connectivity index (χ2n) is 7.06. The number of nitrogens with one attached hydrogen (secondary N) is 3. The molecule has 0 bridgehead atoms. The second-order valence-corrected chi connectivity index (χ2v) is 8.77. The largest absolute Gasteiger partial charge is 0.342 e. The Morgan fingerprint density at radius 2 is 1.72 bits per heavy atom. The van der Waals surface area contributed by atoms with E-state index in [1.54, 1.807) is 12.1 Å². The molecule has 0 aliphatic heterocycles. The summed E-state index contributed by atoms with van der Waals surface area (Å²) in [6.07, 6.45) is 0.00496. The van der Waals surface area contributed by atoms with Crippen LogP contribution in [-0.2, 0) is 11.2 Å². The molecule has 0 saturated carbocycles. The quantitative estimate of drug-likeness (QED) is 0.343. The molecule has 5 rings (SSSR count). The summed E-state index contributed by atoms with van der Waals surface area (Å²) in [5.74, 6) is -0.310. The average Bonchev–Trinajstić information content (AvgIpc) is 3.42. The van der Waals surface area contributed by atoms with Gasteiger partial charge in [0.05, 0.1) is 43.4 Å². The number of imidazole rings is 1. The first-order valence-corrected chi connectivity index (χ1v) is 10.9. The van der Waals surface area contributed by atoms with E-state index in [0.717, 1.165) is 15.9 Å². The number of hydrogen-bond acceptors (Lipinski definition) is 5. The Kier molecular flexibility index (Phi) is 5.30. The van der Waals surface area contributed by atoms with Crippen LogP contribution >= 0.6 is 22.9 Å². The van der Waals surface area contributed by atoms with Gasteiger partial charge in [-0.2, -0.15) is 0 Å². The number of benzene rings is 2. The maximum Gasteiger partial charge on any atom is 0.270 e. The number of rotatable bonds is 4. The molecular formula is C23H16ClN5O2S. The molecule has 2 amide bonds. The number of thiophene rings is 1. The Balaban J connectivity index is 1.35. The number of aromatic amines is 1. The van der Waals surface area contributed by atoms with Crippen molar-refractivity contribution in [1.29, 1.82) is 0 Å². The minimum absolute atomic E-state index is 0.00496. The molecule has 9 heteroatoms. The summed E-state index contributed by atoms with van der Waals surface area (Å²) in [5.41, 5.74) is 8.31. The highest BCUT2D eigenvalue weighted by atomic mass is 35.5. The molecule has 0 atom stereocenters. The number of fused-ring (bicyclic) bond motifs is 2. The molecule has 0 radical (unpaired) electrons. The number of aromatic nitrogens is 3. The van der Waals surface area contributed by atoms with Gasteiger partial charge in [0.25, 0.3) is 5.91 Å². The predicted molar refractivity (Wildman–Crippen MR) is 125 cm³/mol. The van der Waals surface area contributed by atoms with E-state index in [9.17, 15) is 9.59 Å². The third-order valence-electron chi connectivity index (χ3n) is 4.87. The highest BCUT2D eigenvalue weighted by Crippen LogP contribution is 2.32. The molecule has 7 nitrogen and oxygen atoms in total. The lowest BCUT2D eigenvalue weighted by molar-refractivity contribution is -0.121. The molecule has 3 aromatic heterocycles. The second kappa shape index (κ2) is 8.41. The monoisotopic (exact) mass is 461 g/mol. The van der Waals surface area contributed by atoms with Gasteiger partial charge >= 0.3 is 0 Å². The minimum Gasteiger partial charge on any atom is -0.342 e. The van der Waals surface area contributed by atoms with E-state index in [2.05, 4.69) is 25.8 Å². The van der Waals surface area contributed by atoms with E-state index in [4.69, 9.17) is 11.6 Å². The van der Waals surface area contributed by atoms with Crippen LogP contribution in [-0.4, -0.2) is 26.8 Å². The van der Waals surface area contributed by atoms with Crippen LogP contribution in [0.25, 0.3) is 32.5 Å². The lowest BCUT2D eigenvalue weighted by atomic mass is 10.1. The molecule has 0 aliphatic rings. The van der Waals surface area contributed by atoms with Crippen LogP contribution in [0.15, 0.2) is 66.7 Å². The summed E-state index contributed by atoms with van der Waals surface area (Å²) < 4.78 is 0.638. The van der Waals surface area contributed by atoms with Crippen molar-refractivity contribution in [2.45, 2.75) is 6.42 Å². The van der Waals surface area contributed by atoms with Gasteiger partial charge in [-0.25, -0.2) is 9.97 Å². The summed E-state index contributed by atoms with van der Waals surface area (Å²) in [6, 6.07) is 20.2. The van der Waals surface area contributed by atoms with Crippen LogP contribution < -0.4 is 10.9 Å². The summed E-state index contributed by atoms with van der Waals surface area (Å²) in [7, 11) is 0. The number of H-pyrrole nitrogens is 1. The van der Waals surface area contributed by atoms with Crippen LogP contribution in [0.1, 0.15) is 16.2 Å². The van der Waals surface area contributed by atoms with Gasteiger partial charge in [-0.3, -0.25) is 20.4 Å².